The molecule has 1 rings (SSSR count). The molecule has 0 bridgehead atoms. The minimum absolute atomic E-state index is 0.00452. The molecule has 0 saturated heterocycles. The number of rotatable bonds is 7. The molecule has 0 fully saturated rings. The van der Waals surface area contributed by atoms with Gasteiger partial charge in [-0.1, -0.05) is 29.3 Å². The molecule has 0 saturated carbocycles. The van der Waals surface area contributed by atoms with E-state index in [9.17, 15) is 14.4 Å². The third-order valence-electron chi connectivity index (χ3n) is 2.68. The van der Waals surface area contributed by atoms with E-state index in [0.717, 1.165) is 0 Å². The van der Waals surface area contributed by atoms with Crippen LogP contribution in [-0.2, 0) is 9.59 Å². The van der Waals surface area contributed by atoms with Gasteiger partial charge in [0.15, 0.2) is 0 Å². The fourth-order valence-corrected chi connectivity index (χ4v) is 2.23. The summed E-state index contributed by atoms with van der Waals surface area (Å²) in [5, 5.41) is 20.1. The van der Waals surface area contributed by atoms with Gasteiger partial charge in [-0.3, -0.25) is 9.59 Å². The van der Waals surface area contributed by atoms with E-state index in [0.29, 0.717) is 0 Å². The number of carboxylic acid groups (broad SMARTS) is 2. The van der Waals surface area contributed by atoms with E-state index in [2.05, 4.69) is 5.32 Å². The summed E-state index contributed by atoms with van der Waals surface area (Å²) in [6.07, 6.45) is -0.0508. The van der Waals surface area contributed by atoms with E-state index in [-0.39, 0.29) is 34.9 Å². The Kier molecular flexibility index (Phi) is 6.45. The van der Waals surface area contributed by atoms with Gasteiger partial charge in [0.2, 0.25) is 0 Å². The third-order valence-corrected chi connectivity index (χ3v) is 3.31. The summed E-state index contributed by atoms with van der Waals surface area (Å²) in [4.78, 5) is 33.5. The molecule has 0 aliphatic rings. The molecule has 0 aliphatic carbocycles. The highest BCUT2D eigenvalue weighted by atomic mass is 35.5. The van der Waals surface area contributed by atoms with Gasteiger partial charge in [-0.05, 0) is 25.0 Å². The van der Waals surface area contributed by atoms with Crippen molar-refractivity contribution < 1.29 is 24.6 Å². The lowest BCUT2D eigenvalue weighted by molar-refractivity contribution is -0.140. The second kappa shape index (κ2) is 7.85. The monoisotopic (exact) mass is 333 g/mol. The van der Waals surface area contributed by atoms with Gasteiger partial charge >= 0.3 is 11.9 Å². The van der Waals surface area contributed by atoms with Gasteiger partial charge in [-0.2, -0.15) is 0 Å². The van der Waals surface area contributed by atoms with Gasteiger partial charge in [0.25, 0.3) is 5.91 Å². The maximum Gasteiger partial charge on any atom is 0.326 e. The zero-order valence-electron chi connectivity index (χ0n) is 10.8. The second-order valence-corrected chi connectivity index (χ2v) is 5.06. The Morgan fingerprint density at radius 3 is 2.19 bits per heavy atom. The molecule has 1 atom stereocenters. The van der Waals surface area contributed by atoms with Crippen LogP contribution in [-0.4, -0.2) is 34.1 Å². The lowest BCUT2D eigenvalue weighted by Gasteiger charge is -2.15. The van der Waals surface area contributed by atoms with Crippen molar-refractivity contribution in [2.24, 2.45) is 0 Å². The smallest absolute Gasteiger partial charge is 0.326 e. The van der Waals surface area contributed by atoms with E-state index in [1.165, 1.54) is 12.1 Å². The van der Waals surface area contributed by atoms with Crippen LogP contribution in [0.5, 0.6) is 0 Å². The highest BCUT2D eigenvalue weighted by Gasteiger charge is 2.23. The van der Waals surface area contributed by atoms with Crippen LogP contribution in [0.15, 0.2) is 18.2 Å². The number of amides is 1. The molecule has 21 heavy (non-hydrogen) atoms. The lowest BCUT2D eigenvalue weighted by Crippen LogP contribution is -2.41. The first-order valence-electron chi connectivity index (χ1n) is 6.02. The van der Waals surface area contributed by atoms with Crippen molar-refractivity contribution in [3.05, 3.63) is 33.8 Å². The van der Waals surface area contributed by atoms with Gasteiger partial charge < -0.3 is 15.5 Å². The van der Waals surface area contributed by atoms with Crippen LogP contribution in [0.1, 0.15) is 29.6 Å². The fourth-order valence-electron chi connectivity index (χ4n) is 1.66. The summed E-state index contributed by atoms with van der Waals surface area (Å²) in [5.41, 5.74) is -0.00896. The molecule has 0 spiro atoms. The molecule has 1 aromatic carbocycles. The Hall–Kier alpha value is -1.79. The van der Waals surface area contributed by atoms with Crippen molar-refractivity contribution in [3.63, 3.8) is 0 Å². The predicted molar refractivity (Wildman–Crippen MR) is 76.8 cm³/mol. The van der Waals surface area contributed by atoms with E-state index >= 15 is 0 Å². The van der Waals surface area contributed by atoms with Gasteiger partial charge in [0.05, 0.1) is 15.6 Å². The number of carboxylic acids is 2. The molecule has 114 valence electrons. The standard InChI is InChI=1S/C13H13Cl2NO5/c14-7-3-1-4-8(15)11(7)12(19)16-9(13(20)21)5-2-6-10(17)18/h1,3-4,9H,2,5-6H2,(H,16,19)(H,17,18)(H,20,21)/t9-/m1/s1. The zero-order valence-corrected chi connectivity index (χ0v) is 12.3. The molecule has 0 unspecified atom stereocenters. The van der Waals surface area contributed by atoms with Gasteiger partial charge in [0.1, 0.15) is 6.04 Å². The van der Waals surface area contributed by atoms with Crippen molar-refractivity contribution in [2.45, 2.75) is 25.3 Å². The van der Waals surface area contributed by atoms with E-state index in [1.54, 1.807) is 6.07 Å². The summed E-state index contributed by atoms with van der Waals surface area (Å²) in [6.45, 7) is 0. The maximum absolute atomic E-state index is 12.0. The summed E-state index contributed by atoms with van der Waals surface area (Å²) in [6, 6.07) is 3.28. The Balaban J connectivity index is 2.77. The number of nitrogens with one attached hydrogen (secondary N) is 1. The summed E-state index contributed by atoms with van der Waals surface area (Å²) >= 11 is 11.7. The van der Waals surface area contributed by atoms with Crippen LogP contribution in [0.2, 0.25) is 10.0 Å². The zero-order chi connectivity index (χ0) is 16.0. The first-order valence-corrected chi connectivity index (χ1v) is 6.78. The van der Waals surface area contributed by atoms with E-state index in [1.807, 2.05) is 0 Å². The molecular weight excluding hydrogens is 321 g/mol. The fraction of sp³-hybridized carbons (Fsp3) is 0.308. The van der Waals surface area contributed by atoms with Crippen LogP contribution in [0, 0.1) is 0 Å². The number of halogens is 2. The van der Waals surface area contributed by atoms with Crippen molar-refractivity contribution in [1.29, 1.82) is 0 Å². The van der Waals surface area contributed by atoms with Crippen LogP contribution < -0.4 is 5.32 Å². The molecule has 0 radical (unpaired) electrons. The van der Waals surface area contributed by atoms with Gasteiger partial charge in [-0.25, -0.2) is 4.79 Å². The highest BCUT2D eigenvalue weighted by Crippen LogP contribution is 2.24. The average Bonchev–Trinajstić information content (AvgIpc) is 2.36. The molecule has 1 amide bonds. The number of hydrogen-bond acceptors (Lipinski definition) is 3. The number of aliphatic carboxylic acids is 2. The number of carbonyl (C=O) groups is 3. The van der Waals surface area contributed by atoms with Crippen LogP contribution in [0.4, 0.5) is 0 Å². The van der Waals surface area contributed by atoms with Crippen LogP contribution in [0.3, 0.4) is 0 Å². The molecule has 6 nitrogen and oxygen atoms in total. The molecular formula is C13H13Cl2NO5. The number of hydrogen-bond donors (Lipinski definition) is 3. The minimum atomic E-state index is -1.25. The van der Waals surface area contributed by atoms with Crippen LogP contribution >= 0.6 is 23.2 Å². The minimum Gasteiger partial charge on any atom is -0.481 e. The largest absolute Gasteiger partial charge is 0.481 e. The Morgan fingerprint density at radius 1 is 1.14 bits per heavy atom. The van der Waals surface area contributed by atoms with Crippen molar-refractivity contribution >= 4 is 41.0 Å². The third kappa shape index (κ3) is 5.24. The topological polar surface area (TPSA) is 104 Å². The highest BCUT2D eigenvalue weighted by molar-refractivity contribution is 6.39. The first kappa shape index (κ1) is 17.3. The Morgan fingerprint density at radius 2 is 1.71 bits per heavy atom. The Bertz CT molecular complexity index is 541. The average molecular weight is 334 g/mol. The van der Waals surface area contributed by atoms with E-state index in [4.69, 9.17) is 33.4 Å². The van der Waals surface area contributed by atoms with Crippen molar-refractivity contribution in [1.82, 2.24) is 5.32 Å². The molecule has 3 N–H and O–H groups in total. The number of benzene rings is 1. The molecule has 0 aliphatic heterocycles. The quantitative estimate of drug-likeness (QED) is 0.710. The molecule has 8 heteroatoms. The van der Waals surface area contributed by atoms with Crippen molar-refractivity contribution in [3.8, 4) is 0 Å². The lowest BCUT2D eigenvalue weighted by atomic mass is 10.1. The summed E-state index contributed by atoms with van der Waals surface area (Å²) in [7, 11) is 0. The maximum atomic E-state index is 12.0. The van der Waals surface area contributed by atoms with Gasteiger partial charge in [-0.15, -0.1) is 0 Å². The Labute approximate surface area is 130 Å². The van der Waals surface area contributed by atoms with Crippen LogP contribution in [0.25, 0.3) is 0 Å². The SMILES string of the molecule is O=C(O)CCC[C@@H](NC(=O)c1c(Cl)cccc1Cl)C(=O)O. The summed E-state index contributed by atoms with van der Waals surface area (Å²) < 4.78 is 0. The molecule has 0 heterocycles. The predicted octanol–water partition coefficient (Wildman–Crippen LogP) is 2.43. The van der Waals surface area contributed by atoms with Gasteiger partial charge in [0, 0.05) is 6.42 Å². The summed E-state index contributed by atoms with van der Waals surface area (Å²) in [5.74, 6) is -3.00. The second-order valence-electron chi connectivity index (χ2n) is 4.25. The molecule has 1 aromatic rings. The van der Waals surface area contributed by atoms with E-state index < -0.39 is 23.9 Å². The first-order chi connectivity index (χ1) is 9.82. The number of carbonyl (C=O) groups excluding carboxylic acids is 1. The molecule has 0 aromatic heterocycles. The van der Waals surface area contributed by atoms with Crippen molar-refractivity contribution in [2.75, 3.05) is 0 Å². The normalized spacial score (nSPS) is 11.7.